The quantitative estimate of drug-likeness (QED) is 0.703. The van der Waals surface area contributed by atoms with Crippen LogP contribution in [-0.4, -0.2) is 32.8 Å². The van der Waals surface area contributed by atoms with Gasteiger partial charge < -0.3 is 15.4 Å². The number of anilines is 1. The zero-order chi connectivity index (χ0) is 12.5. The van der Waals surface area contributed by atoms with Gasteiger partial charge in [0.25, 0.3) is 0 Å². The lowest BCUT2D eigenvalue weighted by Crippen LogP contribution is -2.29. The third kappa shape index (κ3) is 5.20. The van der Waals surface area contributed by atoms with Crippen LogP contribution < -0.4 is 10.6 Å². The summed E-state index contributed by atoms with van der Waals surface area (Å²) in [6.07, 6.45) is 1.01. The maximum Gasteiger partial charge on any atom is 0.0641 e. The van der Waals surface area contributed by atoms with E-state index in [1.807, 2.05) is 6.92 Å². The van der Waals surface area contributed by atoms with Crippen molar-refractivity contribution in [2.45, 2.75) is 20.3 Å². The topological polar surface area (TPSA) is 38.5 Å². The summed E-state index contributed by atoms with van der Waals surface area (Å²) in [6, 6.07) is 8.62. The highest BCUT2D eigenvalue weighted by Gasteiger charge is 2.05. The van der Waals surface area contributed by atoms with E-state index in [1.54, 1.807) is 0 Å². The van der Waals surface area contributed by atoms with Crippen LogP contribution in [0.4, 0.5) is 5.69 Å². The Balaban J connectivity index is 2.57. The second kappa shape index (κ2) is 8.09. The maximum absolute atomic E-state index is 5.58. The van der Waals surface area contributed by atoms with Gasteiger partial charge in [-0.1, -0.05) is 17.7 Å². The number of nitrogens with two attached hydrogens (primary N) is 1. The van der Waals surface area contributed by atoms with Crippen LogP contribution in [0.5, 0.6) is 0 Å². The molecule has 0 fully saturated rings. The molecule has 96 valence electrons. The van der Waals surface area contributed by atoms with Crippen molar-refractivity contribution in [1.29, 1.82) is 0 Å². The van der Waals surface area contributed by atoms with Crippen molar-refractivity contribution in [3.63, 3.8) is 0 Å². The molecule has 3 heteroatoms. The van der Waals surface area contributed by atoms with Gasteiger partial charge in [-0.15, -0.1) is 0 Å². The van der Waals surface area contributed by atoms with Crippen molar-refractivity contribution in [1.82, 2.24) is 0 Å². The average molecular weight is 236 g/mol. The molecule has 0 unspecified atom stereocenters. The minimum atomic E-state index is 0.733. The molecule has 1 aromatic carbocycles. The lowest BCUT2D eigenvalue weighted by Gasteiger charge is -2.24. The lowest BCUT2D eigenvalue weighted by atomic mass is 10.2. The molecule has 1 rings (SSSR count). The van der Waals surface area contributed by atoms with Crippen molar-refractivity contribution >= 4 is 5.69 Å². The van der Waals surface area contributed by atoms with Crippen LogP contribution in [-0.2, 0) is 4.74 Å². The first-order chi connectivity index (χ1) is 8.27. The van der Waals surface area contributed by atoms with E-state index in [-0.39, 0.29) is 0 Å². The molecule has 0 heterocycles. The Morgan fingerprint density at radius 1 is 1.18 bits per heavy atom. The molecule has 0 aliphatic heterocycles. The summed E-state index contributed by atoms with van der Waals surface area (Å²) in [7, 11) is 0. The van der Waals surface area contributed by atoms with E-state index in [1.165, 1.54) is 11.3 Å². The normalized spacial score (nSPS) is 10.5. The first-order valence-corrected chi connectivity index (χ1v) is 6.37. The van der Waals surface area contributed by atoms with E-state index < -0.39 is 0 Å². The smallest absolute Gasteiger partial charge is 0.0641 e. The molecule has 1 aromatic rings. The van der Waals surface area contributed by atoms with Gasteiger partial charge in [0.05, 0.1) is 6.61 Å². The summed E-state index contributed by atoms with van der Waals surface area (Å²) >= 11 is 0. The molecule has 0 aliphatic rings. The Morgan fingerprint density at radius 2 is 1.88 bits per heavy atom. The van der Waals surface area contributed by atoms with E-state index >= 15 is 0 Å². The number of benzene rings is 1. The van der Waals surface area contributed by atoms with E-state index in [0.29, 0.717) is 0 Å². The molecule has 0 aliphatic carbocycles. The molecule has 2 N–H and O–H groups in total. The first-order valence-electron chi connectivity index (χ1n) is 6.37. The van der Waals surface area contributed by atoms with Gasteiger partial charge in [0.1, 0.15) is 0 Å². The minimum Gasteiger partial charge on any atom is -0.380 e. The van der Waals surface area contributed by atoms with Crippen LogP contribution >= 0.6 is 0 Å². The van der Waals surface area contributed by atoms with Crippen molar-refractivity contribution in [3.8, 4) is 0 Å². The van der Waals surface area contributed by atoms with Gasteiger partial charge >= 0.3 is 0 Å². The largest absolute Gasteiger partial charge is 0.380 e. The monoisotopic (exact) mass is 236 g/mol. The van der Waals surface area contributed by atoms with Crippen LogP contribution in [0.15, 0.2) is 24.3 Å². The van der Waals surface area contributed by atoms with Crippen LogP contribution in [0.25, 0.3) is 0 Å². The van der Waals surface area contributed by atoms with Crippen molar-refractivity contribution in [3.05, 3.63) is 29.8 Å². The van der Waals surface area contributed by atoms with Gasteiger partial charge in [-0.2, -0.15) is 0 Å². The van der Waals surface area contributed by atoms with Gasteiger partial charge in [-0.3, -0.25) is 0 Å². The van der Waals surface area contributed by atoms with Gasteiger partial charge in [0.15, 0.2) is 0 Å². The zero-order valence-corrected chi connectivity index (χ0v) is 11.0. The Hall–Kier alpha value is -1.06. The fraction of sp³-hybridized carbons (Fsp3) is 0.571. The highest BCUT2D eigenvalue weighted by atomic mass is 16.5. The number of hydrogen-bond donors (Lipinski definition) is 1. The summed E-state index contributed by atoms with van der Waals surface area (Å²) < 4.78 is 5.42. The molecule has 0 radical (unpaired) electrons. The highest BCUT2D eigenvalue weighted by molar-refractivity contribution is 5.47. The molecule has 0 saturated carbocycles. The van der Waals surface area contributed by atoms with E-state index in [9.17, 15) is 0 Å². The molecule has 3 nitrogen and oxygen atoms in total. The van der Waals surface area contributed by atoms with Crippen LogP contribution in [0, 0.1) is 6.92 Å². The number of hydrogen-bond acceptors (Lipinski definition) is 3. The predicted molar refractivity (Wildman–Crippen MR) is 73.6 cm³/mol. The van der Waals surface area contributed by atoms with E-state index in [4.69, 9.17) is 10.5 Å². The fourth-order valence-electron chi connectivity index (χ4n) is 1.73. The molecule has 0 amide bonds. The Bertz CT molecular complexity index is 298. The Kier molecular flexibility index (Phi) is 6.67. The van der Waals surface area contributed by atoms with E-state index in [0.717, 1.165) is 39.3 Å². The maximum atomic E-state index is 5.58. The van der Waals surface area contributed by atoms with E-state index in [2.05, 4.69) is 36.1 Å². The summed E-state index contributed by atoms with van der Waals surface area (Å²) in [5.74, 6) is 0. The second-order valence-electron chi connectivity index (χ2n) is 4.16. The van der Waals surface area contributed by atoms with Gasteiger partial charge in [0.2, 0.25) is 0 Å². The molecule has 0 spiro atoms. The molecule has 0 bridgehead atoms. The van der Waals surface area contributed by atoms with Gasteiger partial charge in [0, 0.05) is 25.4 Å². The van der Waals surface area contributed by atoms with Gasteiger partial charge in [-0.25, -0.2) is 0 Å². The number of aryl methyl sites for hydroxylation is 1. The molecular formula is C14H24N2O. The minimum absolute atomic E-state index is 0.733. The zero-order valence-electron chi connectivity index (χ0n) is 11.0. The lowest BCUT2D eigenvalue weighted by molar-refractivity contribution is 0.154. The fourth-order valence-corrected chi connectivity index (χ4v) is 1.73. The SMILES string of the molecule is CCOCCN(CCCN)c1ccc(C)cc1. The van der Waals surface area contributed by atoms with Crippen LogP contribution in [0.3, 0.4) is 0 Å². The summed E-state index contributed by atoms with van der Waals surface area (Å²) in [5.41, 5.74) is 8.12. The van der Waals surface area contributed by atoms with Crippen LogP contribution in [0.1, 0.15) is 18.9 Å². The molecule has 0 atom stereocenters. The molecule has 0 aromatic heterocycles. The summed E-state index contributed by atoms with van der Waals surface area (Å²) in [4.78, 5) is 2.34. The predicted octanol–water partition coefficient (Wildman–Crippen LogP) is 2.19. The van der Waals surface area contributed by atoms with Crippen molar-refractivity contribution in [2.75, 3.05) is 37.7 Å². The third-order valence-corrected chi connectivity index (χ3v) is 2.74. The summed E-state index contributed by atoms with van der Waals surface area (Å²) in [6.45, 7) is 8.33. The average Bonchev–Trinajstić information content (AvgIpc) is 2.35. The first kappa shape index (κ1) is 14.0. The molecular weight excluding hydrogens is 212 g/mol. The third-order valence-electron chi connectivity index (χ3n) is 2.74. The van der Waals surface area contributed by atoms with Crippen LogP contribution in [0.2, 0.25) is 0 Å². The Labute approximate surface area is 105 Å². The van der Waals surface area contributed by atoms with Gasteiger partial charge in [-0.05, 0) is 38.9 Å². The highest BCUT2D eigenvalue weighted by Crippen LogP contribution is 2.15. The second-order valence-corrected chi connectivity index (χ2v) is 4.16. The number of rotatable bonds is 8. The number of nitrogens with zero attached hydrogens (tertiary/aromatic N) is 1. The van der Waals surface area contributed by atoms with Crippen molar-refractivity contribution in [2.24, 2.45) is 5.73 Å². The number of ether oxygens (including phenoxy) is 1. The Morgan fingerprint density at radius 3 is 2.47 bits per heavy atom. The van der Waals surface area contributed by atoms with Crippen molar-refractivity contribution < 1.29 is 4.74 Å². The molecule has 17 heavy (non-hydrogen) atoms. The standard InChI is InChI=1S/C14H24N2O/c1-3-17-12-11-16(10-4-9-15)14-7-5-13(2)6-8-14/h5-8H,3-4,9-12,15H2,1-2H3. The molecule has 0 saturated heterocycles. The summed E-state index contributed by atoms with van der Waals surface area (Å²) in [5, 5.41) is 0.